The molecular formula is C13H9FNO2. The molecule has 0 fully saturated rings. The molecule has 0 aliphatic carbocycles. The number of benzene rings is 2. The van der Waals surface area contributed by atoms with Crippen molar-refractivity contribution in [1.82, 2.24) is 0 Å². The topological polar surface area (TPSA) is 40.2 Å². The fourth-order valence-electron chi connectivity index (χ4n) is 1.55. The maximum Gasteiger partial charge on any atom is 0.462 e. The Hall–Kier alpha value is -2.36. The van der Waals surface area contributed by atoms with Crippen LogP contribution < -0.4 is 4.90 Å². The molecule has 85 valence electrons. The van der Waals surface area contributed by atoms with Gasteiger partial charge in [0, 0.05) is 0 Å². The Morgan fingerprint density at radius 3 is 2.18 bits per heavy atom. The van der Waals surface area contributed by atoms with Crippen LogP contribution in [-0.4, -0.2) is 6.09 Å². The lowest BCUT2D eigenvalue weighted by Gasteiger charge is -2.17. The molecule has 0 heterocycles. The van der Waals surface area contributed by atoms with Gasteiger partial charge in [0.05, 0.1) is 11.4 Å². The highest BCUT2D eigenvalue weighted by Crippen LogP contribution is 2.25. The molecule has 0 aliphatic rings. The summed E-state index contributed by atoms with van der Waals surface area (Å²) in [6, 6.07) is 13.7. The van der Waals surface area contributed by atoms with Crippen molar-refractivity contribution >= 4 is 17.5 Å². The summed E-state index contributed by atoms with van der Waals surface area (Å²) >= 11 is 0. The highest BCUT2D eigenvalue weighted by atomic mass is 19.1. The maximum atomic E-state index is 13.1. The first-order chi connectivity index (χ1) is 8.18. The molecule has 2 aromatic carbocycles. The molecule has 0 N–H and O–H groups in total. The normalized spacial score (nSPS) is 9.94. The summed E-state index contributed by atoms with van der Waals surface area (Å²) in [7, 11) is 0. The van der Waals surface area contributed by atoms with Crippen LogP contribution in [0.1, 0.15) is 0 Å². The van der Waals surface area contributed by atoms with Crippen molar-refractivity contribution in [2.45, 2.75) is 0 Å². The Balaban J connectivity index is 2.47. The summed E-state index contributed by atoms with van der Waals surface area (Å²) in [6.45, 7) is 0. The third kappa shape index (κ3) is 2.42. The van der Waals surface area contributed by atoms with Gasteiger partial charge in [-0.25, -0.2) is 19.2 Å². The summed E-state index contributed by atoms with van der Waals surface area (Å²) in [5.41, 5.74) is 0.634. The van der Waals surface area contributed by atoms with Gasteiger partial charge in [-0.05, 0) is 30.3 Å². The van der Waals surface area contributed by atoms with Crippen LogP contribution in [0.25, 0.3) is 0 Å². The number of hydrogen-bond acceptors (Lipinski definition) is 1. The Labute approximate surface area is 97.7 Å². The van der Waals surface area contributed by atoms with Gasteiger partial charge in [-0.15, -0.1) is 0 Å². The Morgan fingerprint density at radius 2 is 1.59 bits per heavy atom. The molecule has 0 unspecified atom stereocenters. The molecule has 0 atom stereocenters. The summed E-state index contributed by atoms with van der Waals surface area (Å²) in [6.07, 6.45) is -1.40. The Morgan fingerprint density at radius 1 is 0.941 bits per heavy atom. The van der Waals surface area contributed by atoms with Gasteiger partial charge < -0.3 is 0 Å². The third-order valence-corrected chi connectivity index (χ3v) is 2.26. The van der Waals surface area contributed by atoms with E-state index < -0.39 is 11.9 Å². The minimum Gasteiger partial charge on any atom is -0.243 e. The highest BCUT2D eigenvalue weighted by molar-refractivity contribution is 5.94. The van der Waals surface area contributed by atoms with Crippen molar-refractivity contribution in [3.63, 3.8) is 0 Å². The lowest BCUT2D eigenvalue weighted by atomic mass is 10.2. The van der Waals surface area contributed by atoms with Gasteiger partial charge in [-0.1, -0.05) is 24.3 Å². The second kappa shape index (κ2) is 4.65. The molecule has 1 radical (unpaired) electrons. The van der Waals surface area contributed by atoms with E-state index in [9.17, 15) is 14.3 Å². The highest BCUT2D eigenvalue weighted by Gasteiger charge is 2.18. The molecule has 0 saturated heterocycles. The monoisotopic (exact) mass is 230 g/mol. The van der Waals surface area contributed by atoms with Crippen molar-refractivity contribution in [2.24, 2.45) is 0 Å². The molecule has 0 aromatic heterocycles. The van der Waals surface area contributed by atoms with Crippen molar-refractivity contribution < 1.29 is 14.3 Å². The zero-order valence-electron chi connectivity index (χ0n) is 8.84. The smallest absolute Gasteiger partial charge is 0.243 e. The van der Waals surface area contributed by atoms with Crippen LogP contribution in [0.2, 0.25) is 0 Å². The van der Waals surface area contributed by atoms with Crippen LogP contribution in [0.3, 0.4) is 0 Å². The number of carbonyl (C=O) groups is 1. The van der Waals surface area contributed by atoms with E-state index in [0.29, 0.717) is 5.69 Å². The van der Waals surface area contributed by atoms with E-state index in [1.807, 2.05) is 0 Å². The Bertz CT molecular complexity index is 528. The van der Waals surface area contributed by atoms with Crippen molar-refractivity contribution in [3.05, 3.63) is 60.4 Å². The van der Waals surface area contributed by atoms with Crippen molar-refractivity contribution in [3.8, 4) is 0 Å². The fraction of sp³-hybridized carbons (Fsp3) is 0. The molecule has 0 bridgehead atoms. The minimum atomic E-state index is -1.40. The molecule has 3 nitrogen and oxygen atoms in total. The molecule has 1 amide bonds. The lowest BCUT2D eigenvalue weighted by Crippen LogP contribution is -2.22. The Kier molecular flexibility index (Phi) is 3.05. The summed E-state index contributed by atoms with van der Waals surface area (Å²) < 4.78 is 13.1. The van der Waals surface area contributed by atoms with Crippen LogP contribution in [0.4, 0.5) is 20.6 Å². The molecule has 0 saturated carbocycles. The van der Waals surface area contributed by atoms with E-state index >= 15 is 0 Å². The average molecular weight is 230 g/mol. The van der Waals surface area contributed by atoms with Gasteiger partial charge in [-0.3, -0.25) is 0 Å². The zero-order valence-corrected chi connectivity index (χ0v) is 8.84. The molecule has 0 aliphatic heterocycles. The number of rotatable bonds is 2. The number of nitrogens with zero attached hydrogens (tertiary/aromatic N) is 1. The number of amides is 1. The fourth-order valence-corrected chi connectivity index (χ4v) is 1.55. The van der Waals surface area contributed by atoms with E-state index in [1.165, 1.54) is 18.2 Å². The second-order valence-electron chi connectivity index (χ2n) is 3.42. The van der Waals surface area contributed by atoms with Gasteiger partial charge >= 0.3 is 6.09 Å². The second-order valence-corrected chi connectivity index (χ2v) is 3.42. The molecule has 0 spiro atoms. The van der Waals surface area contributed by atoms with E-state index in [4.69, 9.17) is 0 Å². The standard InChI is InChI=1S/C13H9FNO2/c14-10-5-4-8-12(9-10)15(13(16)17)11-6-2-1-3-7-11/h1-9H. The van der Waals surface area contributed by atoms with Crippen LogP contribution in [0.15, 0.2) is 54.6 Å². The average Bonchev–Trinajstić information content (AvgIpc) is 2.30. The first-order valence-corrected chi connectivity index (χ1v) is 5.00. The minimum absolute atomic E-state index is 0.219. The van der Waals surface area contributed by atoms with E-state index in [1.54, 1.807) is 30.3 Å². The summed E-state index contributed by atoms with van der Waals surface area (Å²) in [4.78, 5) is 12.0. The quantitative estimate of drug-likeness (QED) is 0.778. The largest absolute Gasteiger partial charge is 0.462 e. The third-order valence-electron chi connectivity index (χ3n) is 2.26. The molecule has 17 heavy (non-hydrogen) atoms. The van der Waals surface area contributed by atoms with Gasteiger partial charge in [0.25, 0.3) is 0 Å². The van der Waals surface area contributed by atoms with Crippen LogP contribution in [0, 0.1) is 5.82 Å². The summed E-state index contributed by atoms with van der Waals surface area (Å²) in [5.74, 6) is -0.496. The number of anilines is 2. The number of halogens is 1. The lowest BCUT2D eigenvalue weighted by molar-refractivity contribution is 0.179. The maximum absolute atomic E-state index is 13.1. The summed E-state index contributed by atoms with van der Waals surface area (Å²) in [5, 5.41) is 11.1. The van der Waals surface area contributed by atoms with Gasteiger partial charge in [0.2, 0.25) is 0 Å². The first kappa shape index (κ1) is 11.1. The van der Waals surface area contributed by atoms with Gasteiger partial charge in [0.1, 0.15) is 5.82 Å². The van der Waals surface area contributed by atoms with E-state index in [0.717, 1.165) is 11.0 Å². The number of carbonyl (C=O) groups excluding carboxylic acids is 1. The zero-order chi connectivity index (χ0) is 12.3. The van der Waals surface area contributed by atoms with Crippen molar-refractivity contribution in [2.75, 3.05) is 4.90 Å². The van der Waals surface area contributed by atoms with E-state index in [-0.39, 0.29) is 5.69 Å². The van der Waals surface area contributed by atoms with Crippen LogP contribution in [-0.2, 0) is 5.11 Å². The predicted octanol–water partition coefficient (Wildman–Crippen LogP) is 3.51. The molecule has 2 rings (SSSR count). The van der Waals surface area contributed by atoms with Gasteiger partial charge in [-0.2, -0.15) is 0 Å². The molecule has 2 aromatic rings. The van der Waals surface area contributed by atoms with E-state index in [2.05, 4.69) is 0 Å². The number of hydrogen-bond donors (Lipinski definition) is 0. The van der Waals surface area contributed by atoms with Crippen LogP contribution >= 0.6 is 0 Å². The molecule has 4 heteroatoms. The SMILES string of the molecule is [O]C(=O)N(c1ccccc1)c1cccc(F)c1. The number of para-hydroxylation sites is 1. The van der Waals surface area contributed by atoms with Gasteiger partial charge in [0.15, 0.2) is 0 Å². The first-order valence-electron chi connectivity index (χ1n) is 5.00. The predicted molar refractivity (Wildman–Crippen MR) is 61.1 cm³/mol. The molecular weight excluding hydrogens is 221 g/mol. The van der Waals surface area contributed by atoms with Crippen LogP contribution in [0.5, 0.6) is 0 Å². The van der Waals surface area contributed by atoms with Crippen molar-refractivity contribution in [1.29, 1.82) is 0 Å².